The molecule has 1 atom stereocenters. The first-order valence-electron chi connectivity index (χ1n) is 3.79. The number of carbonyl (C=O) groups is 1. The van der Waals surface area contributed by atoms with Gasteiger partial charge in [0.05, 0.1) is 11.6 Å². The van der Waals surface area contributed by atoms with Gasteiger partial charge in [-0.25, -0.2) is 4.79 Å². The van der Waals surface area contributed by atoms with Crippen LogP contribution in [0.3, 0.4) is 0 Å². The number of aliphatic carboxylic acids is 1. The van der Waals surface area contributed by atoms with Crippen LogP contribution in [-0.2, 0) is 4.79 Å². The van der Waals surface area contributed by atoms with Gasteiger partial charge in [-0.1, -0.05) is 0 Å². The number of aliphatic hydroxyl groups is 1. The number of carboxylic acid groups (broad SMARTS) is 1. The molecule has 1 aromatic heterocycles. The molecule has 0 unspecified atom stereocenters. The van der Waals surface area contributed by atoms with Crippen LogP contribution in [0.2, 0.25) is 0 Å². The molecular formula is C8H11NO3S. The quantitative estimate of drug-likeness (QED) is 0.677. The average molecular weight is 201 g/mol. The van der Waals surface area contributed by atoms with Crippen LogP contribution in [-0.4, -0.2) is 28.8 Å². The van der Waals surface area contributed by atoms with Crippen LogP contribution in [0, 0.1) is 6.92 Å². The highest BCUT2D eigenvalue weighted by Crippen LogP contribution is 2.22. The van der Waals surface area contributed by atoms with Gasteiger partial charge < -0.3 is 15.5 Å². The minimum Gasteiger partial charge on any atom is -0.480 e. The summed E-state index contributed by atoms with van der Waals surface area (Å²) in [6, 6.07) is 0.973. The lowest BCUT2D eigenvalue weighted by Gasteiger charge is -2.11. The van der Waals surface area contributed by atoms with Gasteiger partial charge in [-0.3, -0.25) is 0 Å². The number of anilines is 1. The highest BCUT2D eigenvalue weighted by molar-refractivity contribution is 7.14. The summed E-state index contributed by atoms with van der Waals surface area (Å²) in [4.78, 5) is 10.6. The Hall–Kier alpha value is -1.07. The summed E-state index contributed by atoms with van der Waals surface area (Å²) in [6.45, 7) is 1.47. The van der Waals surface area contributed by atoms with Crippen LogP contribution in [0.5, 0.6) is 0 Å². The number of carboxylic acids is 1. The number of thiophene rings is 1. The van der Waals surface area contributed by atoms with Crippen molar-refractivity contribution in [1.82, 2.24) is 0 Å². The third-order valence-electron chi connectivity index (χ3n) is 1.65. The first-order chi connectivity index (χ1) is 6.15. The van der Waals surface area contributed by atoms with Crippen LogP contribution in [0.4, 0.5) is 5.00 Å². The van der Waals surface area contributed by atoms with E-state index in [0.717, 1.165) is 10.6 Å². The van der Waals surface area contributed by atoms with Gasteiger partial charge in [-0.2, -0.15) is 0 Å². The molecule has 0 fully saturated rings. The molecule has 0 aliphatic rings. The summed E-state index contributed by atoms with van der Waals surface area (Å²) < 4.78 is 0. The first kappa shape index (κ1) is 10.0. The van der Waals surface area contributed by atoms with E-state index in [0.29, 0.717) is 0 Å². The summed E-state index contributed by atoms with van der Waals surface area (Å²) in [5, 5.41) is 22.8. The summed E-state index contributed by atoms with van der Waals surface area (Å²) in [5.41, 5.74) is 0.990. The highest BCUT2D eigenvalue weighted by atomic mass is 32.1. The Morgan fingerprint density at radius 2 is 2.46 bits per heavy atom. The van der Waals surface area contributed by atoms with E-state index in [9.17, 15) is 4.79 Å². The maximum Gasteiger partial charge on any atom is 0.328 e. The fraction of sp³-hybridized carbons (Fsp3) is 0.375. The second-order valence-corrected chi connectivity index (χ2v) is 3.57. The van der Waals surface area contributed by atoms with Crippen LogP contribution in [0.25, 0.3) is 0 Å². The minimum atomic E-state index is -1.05. The summed E-state index contributed by atoms with van der Waals surface area (Å²) in [7, 11) is 0. The Morgan fingerprint density at radius 1 is 1.77 bits per heavy atom. The zero-order valence-electron chi connectivity index (χ0n) is 7.15. The van der Waals surface area contributed by atoms with E-state index in [2.05, 4.69) is 5.32 Å². The summed E-state index contributed by atoms with van der Waals surface area (Å²) in [5.74, 6) is -1.05. The maximum absolute atomic E-state index is 10.6. The molecule has 13 heavy (non-hydrogen) atoms. The third-order valence-corrected chi connectivity index (χ3v) is 2.60. The summed E-state index contributed by atoms with van der Waals surface area (Å²) >= 11 is 1.43. The van der Waals surface area contributed by atoms with E-state index in [4.69, 9.17) is 10.2 Å². The van der Waals surface area contributed by atoms with Crippen molar-refractivity contribution in [2.75, 3.05) is 11.9 Å². The van der Waals surface area contributed by atoms with Gasteiger partial charge in [0.2, 0.25) is 0 Å². The molecule has 4 nitrogen and oxygen atoms in total. The van der Waals surface area contributed by atoms with E-state index < -0.39 is 18.6 Å². The predicted molar refractivity (Wildman–Crippen MR) is 51.2 cm³/mol. The lowest BCUT2D eigenvalue weighted by Crippen LogP contribution is -2.32. The molecule has 0 amide bonds. The van der Waals surface area contributed by atoms with Crippen molar-refractivity contribution in [2.24, 2.45) is 0 Å². The molecule has 0 radical (unpaired) electrons. The van der Waals surface area contributed by atoms with Crippen molar-refractivity contribution < 1.29 is 15.0 Å². The van der Waals surface area contributed by atoms with Crippen molar-refractivity contribution in [2.45, 2.75) is 13.0 Å². The number of rotatable bonds is 4. The lowest BCUT2D eigenvalue weighted by atomic mass is 10.3. The minimum absolute atomic E-state index is 0.410. The lowest BCUT2D eigenvalue weighted by molar-refractivity contribution is -0.138. The zero-order chi connectivity index (χ0) is 9.84. The molecule has 5 heteroatoms. The Balaban J connectivity index is 2.67. The van der Waals surface area contributed by atoms with Gasteiger partial charge in [0.1, 0.15) is 6.04 Å². The fourth-order valence-corrected chi connectivity index (χ4v) is 1.74. The molecule has 0 aromatic carbocycles. The molecule has 0 aliphatic heterocycles. The molecule has 0 aliphatic carbocycles. The van der Waals surface area contributed by atoms with Crippen molar-refractivity contribution in [3.05, 3.63) is 17.0 Å². The van der Waals surface area contributed by atoms with Crippen molar-refractivity contribution in [3.63, 3.8) is 0 Å². The number of hydrogen-bond donors (Lipinski definition) is 3. The fourth-order valence-electron chi connectivity index (χ4n) is 0.864. The van der Waals surface area contributed by atoms with Gasteiger partial charge in [0.15, 0.2) is 0 Å². The number of hydrogen-bond acceptors (Lipinski definition) is 4. The van der Waals surface area contributed by atoms with Crippen LogP contribution >= 0.6 is 11.3 Å². The SMILES string of the molecule is Cc1ccsc1N[C@@H](CO)C(=O)O. The topological polar surface area (TPSA) is 69.6 Å². The Bertz CT molecular complexity index is 297. The second kappa shape index (κ2) is 4.25. The second-order valence-electron chi connectivity index (χ2n) is 2.65. The van der Waals surface area contributed by atoms with E-state index in [1.54, 1.807) is 0 Å². The monoisotopic (exact) mass is 201 g/mol. The van der Waals surface area contributed by atoms with E-state index in [-0.39, 0.29) is 0 Å². The largest absolute Gasteiger partial charge is 0.480 e. The smallest absolute Gasteiger partial charge is 0.328 e. The first-order valence-corrected chi connectivity index (χ1v) is 4.67. The van der Waals surface area contributed by atoms with Crippen molar-refractivity contribution in [3.8, 4) is 0 Å². The molecule has 0 spiro atoms. The maximum atomic E-state index is 10.6. The molecule has 0 saturated carbocycles. The van der Waals surface area contributed by atoms with Gasteiger partial charge in [-0.05, 0) is 23.9 Å². The van der Waals surface area contributed by atoms with E-state index >= 15 is 0 Å². The summed E-state index contributed by atoms with van der Waals surface area (Å²) in [6.07, 6.45) is 0. The molecule has 1 rings (SSSR count). The van der Waals surface area contributed by atoms with Gasteiger partial charge in [-0.15, -0.1) is 11.3 Å². The molecule has 1 heterocycles. The van der Waals surface area contributed by atoms with E-state index in [1.807, 2.05) is 18.4 Å². The Labute approximate surface area is 79.8 Å². The molecule has 1 aromatic rings. The average Bonchev–Trinajstić information content (AvgIpc) is 2.46. The molecule has 0 bridgehead atoms. The standard InChI is InChI=1S/C8H11NO3S/c1-5-2-3-13-7(5)9-6(4-10)8(11)12/h2-3,6,9-10H,4H2,1H3,(H,11,12)/t6-/m0/s1. The van der Waals surface area contributed by atoms with Crippen molar-refractivity contribution >= 4 is 22.3 Å². The molecule has 72 valence electrons. The number of nitrogens with one attached hydrogen (secondary N) is 1. The van der Waals surface area contributed by atoms with Gasteiger partial charge in [0, 0.05) is 0 Å². The number of aryl methyl sites for hydroxylation is 1. The van der Waals surface area contributed by atoms with E-state index in [1.165, 1.54) is 11.3 Å². The van der Waals surface area contributed by atoms with Gasteiger partial charge >= 0.3 is 5.97 Å². The molecule has 0 saturated heterocycles. The van der Waals surface area contributed by atoms with Crippen LogP contribution in [0.15, 0.2) is 11.4 Å². The Kier molecular flexibility index (Phi) is 3.27. The van der Waals surface area contributed by atoms with Crippen molar-refractivity contribution in [1.29, 1.82) is 0 Å². The van der Waals surface area contributed by atoms with Crippen LogP contribution in [0.1, 0.15) is 5.56 Å². The third kappa shape index (κ3) is 2.43. The van der Waals surface area contributed by atoms with Crippen LogP contribution < -0.4 is 5.32 Å². The Morgan fingerprint density at radius 3 is 2.85 bits per heavy atom. The number of aliphatic hydroxyl groups excluding tert-OH is 1. The molecular weight excluding hydrogens is 190 g/mol. The normalized spacial score (nSPS) is 12.5. The van der Waals surface area contributed by atoms with Gasteiger partial charge in [0.25, 0.3) is 0 Å². The predicted octanol–water partition coefficient (Wildman–Crippen LogP) is 0.914. The highest BCUT2D eigenvalue weighted by Gasteiger charge is 2.16. The zero-order valence-corrected chi connectivity index (χ0v) is 7.97. The molecule has 3 N–H and O–H groups in total.